The first kappa shape index (κ1) is 30.3. The highest BCUT2D eigenvalue weighted by Gasteiger charge is 2.24. The van der Waals surface area contributed by atoms with E-state index in [0.29, 0.717) is 11.7 Å². The number of rotatable bonds is 7. The second-order valence-corrected chi connectivity index (χ2v) is 12.0. The van der Waals surface area contributed by atoms with Gasteiger partial charge in [0.05, 0.1) is 19.6 Å². The third-order valence-electron chi connectivity index (χ3n) is 5.56. The van der Waals surface area contributed by atoms with Gasteiger partial charge in [0.15, 0.2) is 0 Å². The Hall–Kier alpha value is -2.89. The summed E-state index contributed by atoms with van der Waals surface area (Å²) in [4.78, 5) is 22.0. The molecule has 1 heterocycles. The molecular weight excluding hydrogens is 552 g/mol. The highest BCUT2D eigenvalue weighted by atomic mass is 35.5. The van der Waals surface area contributed by atoms with Gasteiger partial charge in [0.25, 0.3) is 11.4 Å². The number of nitro benzene ring substituents is 2. The number of hydrogen-bond acceptors (Lipinski definition) is 10. The van der Waals surface area contributed by atoms with Crippen molar-refractivity contribution in [1.29, 1.82) is 0 Å². The zero-order valence-corrected chi connectivity index (χ0v) is 22.3. The van der Waals surface area contributed by atoms with Crippen molar-refractivity contribution in [2.75, 3.05) is 18.4 Å². The van der Waals surface area contributed by atoms with Crippen LogP contribution in [0, 0.1) is 20.2 Å². The number of piperidine rings is 1. The summed E-state index contributed by atoms with van der Waals surface area (Å²) in [5.74, 6) is 0. The van der Waals surface area contributed by atoms with E-state index in [1.165, 1.54) is 12.1 Å². The number of anilines is 1. The van der Waals surface area contributed by atoms with E-state index in [1.807, 2.05) is 0 Å². The van der Waals surface area contributed by atoms with Crippen molar-refractivity contribution in [3.8, 4) is 0 Å². The Bertz CT molecular complexity index is 1380. The van der Waals surface area contributed by atoms with Crippen LogP contribution in [0.3, 0.4) is 0 Å². The maximum absolute atomic E-state index is 11.3. The summed E-state index contributed by atoms with van der Waals surface area (Å²) >= 11 is 5.46. The zero-order chi connectivity index (χ0) is 28.1. The lowest BCUT2D eigenvalue weighted by atomic mass is 10.0. The van der Waals surface area contributed by atoms with E-state index >= 15 is 0 Å². The first-order chi connectivity index (χ1) is 17.0. The fourth-order valence-electron chi connectivity index (χ4n) is 3.55. The van der Waals surface area contributed by atoms with Gasteiger partial charge in [-0.05, 0) is 51.0 Å². The van der Waals surface area contributed by atoms with E-state index < -0.39 is 35.6 Å². The molecular formula is C20H27ClN6O8S2. The van der Waals surface area contributed by atoms with Crippen LogP contribution in [0.5, 0.6) is 0 Å². The molecule has 1 saturated heterocycles. The number of halogens is 1. The van der Waals surface area contributed by atoms with Gasteiger partial charge in [-0.3, -0.25) is 20.2 Å². The van der Waals surface area contributed by atoms with Crippen molar-refractivity contribution in [2.24, 2.45) is 10.3 Å². The average Bonchev–Trinajstić information content (AvgIpc) is 2.78. The number of likely N-dealkylation sites (tertiary alicyclic amines) is 1. The number of nitrogens with two attached hydrogens (primary N) is 2. The van der Waals surface area contributed by atoms with Gasteiger partial charge < -0.3 is 10.2 Å². The molecule has 14 nitrogen and oxygen atoms in total. The number of sulfonamides is 2. The van der Waals surface area contributed by atoms with Crippen LogP contribution in [0.15, 0.2) is 46.2 Å². The van der Waals surface area contributed by atoms with Gasteiger partial charge in [-0.25, -0.2) is 27.1 Å². The standard InChI is InChI=1S/C14H22N4O4S.C6H5ClN2O4S/c1-10(2)17-7-5-11(6-8-17)16-13-4-3-12(23(15,21)22)9-14(13)18(19)20;7-5-2-1-4(14(8,12)13)3-6(5)9(10)11/h3-4,9-11,16H,5-8H2,1-2H3,(H2,15,21,22);1-3H,(H2,8,12,13). The van der Waals surface area contributed by atoms with E-state index in [2.05, 4.69) is 24.1 Å². The number of hydrogen-bond donors (Lipinski definition) is 3. The van der Waals surface area contributed by atoms with Crippen LogP contribution in [0.25, 0.3) is 0 Å². The van der Waals surface area contributed by atoms with Crippen LogP contribution in [-0.4, -0.2) is 56.8 Å². The molecule has 0 aromatic heterocycles. The van der Waals surface area contributed by atoms with Crippen LogP contribution in [0.4, 0.5) is 17.1 Å². The summed E-state index contributed by atoms with van der Waals surface area (Å²) in [7, 11) is -7.90. The first-order valence-electron chi connectivity index (χ1n) is 10.8. The Morgan fingerprint density at radius 1 is 0.919 bits per heavy atom. The molecule has 0 atom stereocenters. The molecule has 3 rings (SSSR count). The molecule has 2 aromatic rings. The Kier molecular flexibility index (Phi) is 9.92. The number of nitrogens with zero attached hydrogens (tertiary/aromatic N) is 3. The van der Waals surface area contributed by atoms with Gasteiger partial charge >= 0.3 is 0 Å². The summed E-state index contributed by atoms with van der Waals surface area (Å²) in [5, 5.41) is 34.4. The minimum absolute atomic E-state index is 0.129. The Morgan fingerprint density at radius 2 is 1.38 bits per heavy atom. The Morgan fingerprint density at radius 3 is 1.81 bits per heavy atom. The van der Waals surface area contributed by atoms with E-state index in [4.69, 9.17) is 21.9 Å². The fraction of sp³-hybridized carbons (Fsp3) is 0.400. The van der Waals surface area contributed by atoms with Gasteiger partial charge in [0.1, 0.15) is 10.7 Å². The number of benzene rings is 2. The van der Waals surface area contributed by atoms with Crippen LogP contribution in [-0.2, 0) is 20.0 Å². The number of nitrogens with one attached hydrogen (secondary N) is 1. The lowest BCUT2D eigenvalue weighted by molar-refractivity contribution is -0.384. The molecule has 0 aliphatic carbocycles. The highest BCUT2D eigenvalue weighted by molar-refractivity contribution is 7.89. The monoisotopic (exact) mass is 578 g/mol. The topological polar surface area (TPSA) is 222 Å². The summed E-state index contributed by atoms with van der Waals surface area (Å²) in [6.07, 6.45) is 1.76. The van der Waals surface area contributed by atoms with Crippen molar-refractivity contribution >= 4 is 48.7 Å². The van der Waals surface area contributed by atoms with Crippen molar-refractivity contribution in [1.82, 2.24) is 4.90 Å². The summed E-state index contributed by atoms with van der Waals surface area (Å²) < 4.78 is 44.3. The van der Waals surface area contributed by atoms with Gasteiger partial charge in [0, 0.05) is 37.3 Å². The molecule has 37 heavy (non-hydrogen) atoms. The minimum atomic E-state index is -3.96. The summed E-state index contributed by atoms with van der Waals surface area (Å²) in [6, 6.07) is 7.34. The normalized spacial score (nSPS) is 15.1. The predicted molar refractivity (Wildman–Crippen MR) is 137 cm³/mol. The smallest absolute Gasteiger partial charge is 0.293 e. The Labute approximate surface area is 219 Å². The molecule has 17 heteroatoms. The van der Waals surface area contributed by atoms with E-state index in [0.717, 1.165) is 50.2 Å². The number of nitro groups is 2. The first-order valence-corrected chi connectivity index (χ1v) is 14.3. The Balaban J connectivity index is 0.000000294. The molecule has 1 fully saturated rings. The van der Waals surface area contributed by atoms with E-state index in [9.17, 15) is 37.1 Å². The molecule has 1 aliphatic rings. The highest BCUT2D eigenvalue weighted by Crippen LogP contribution is 2.29. The van der Waals surface area contributed by atoms with Gasteiger partial charge in [0.2, 0.25) is 20.0 Å². The second kappa shape index (κ2) is 12.1. The maximum Gasteiger partial charge on any atom is 0.293 e. The van der Waals surface area contributed by atoms with Crippen LogP contribution in [0.1, 0.15) is 26.7 Å². The zero-order valence-electron chi connectivity index (χ0n) is 19.9. The van der Waals surface area contributed by atoms with Crippen LogP contribution < -0.4 is 15.6 Å². The van der Waals surface area contributed by atoms with Crippen molar-refractivity contribution in [3.05, 3.63) is 61.6 Å². The summed E-state index contributed by atoms with van der Waals surface area (Å²) in [5.41, 5.74) is -0.439. The molecule has 0 unspecified atom stereocenters. The predicted octanol–water partition coefficient (Wildman–Crippen LogP) is 2.42. The second-order valence-electron chi connectivity index (χ2n) is 8.44. The van der Waals surface area contributed by atoms with Gasteiger partial charge in [-0.2, -0.15) is 0 Å². The molecule has 1 aliphatic heterocycles. The summed E-state index contributed by atoms with van der Waals surface area (Å²) in [6.45, 7) is 6.14. The molecule has 0 bridgehead atoms. The molecule has 2 aromatic carbocycles. The van der Waals surface area contributed by atoms with Gasteiger partial charge in [-0.1, -0.05) is 11.6 Å². The molecule has 5 N–H and O–H groups in total. The van der Waals surface area contributed by atoms with E-state index in [-0.39, 0.29) is 26.5 Å². The van der Waals surface area contributed by atoms with Gasteiger partial charge in [-0.15, -0.1) is 0 Å². The molecule has 0 amide bonds. The van der Waals surface area contributed by atoms with Crippen molar-refractivity contribution in [2.45, 2.75) is 48.6 Å². The molecule has 0 radical (unpaired) electrons. The molecule has 0 spiro atoms. The quantitative estimate of drug-likeness (QED) is 0.321. The maximum atomic E-state index is 11.3. The lowest BCUT2D eigenvalue weighted by Gasteiger charge is -2.35. The third kappa shape index (κ3) is 8.58. The van der Waals surface area contributed by atoms with Crippen molar-refractivity contribution in [3.63, 3.8) is 0 Å². The lowest BCUT2D eigenvalue weighted by Crippen LogP contribution is -2.42. The average molecular weight is 579 g/mol. The SMILES string of the molecule is CC(C)N1CCC(Nc2ccc(S(N)(=O)=O)cc2[N+](=O)[O-])CC1.NS(=O)(=O)c1ccc(Cl)c([N+](=O)[O-])c1. The largest absolute Gasteiger partial charge is 0.377 e. The van der Waals surface area contributed by atoms with E-state index in [1.54, 1.807) is 0 Å². The molecule has 0 saturated carbocycles. The van der Waals surface area contributed by atoms with Crippen LogP contribution in [0.2, 0.25) is 5.02 Å². The minimum Gasteiger partial charge on any atom is -0.377 e. The fourth-order valence-corrected chi connectivity index (χ4v) is 4.80. The number of primary sulfonamides is 2. The van der Waals surface area contributed by atoms with Crippen molar-refractivity contribution < 1.29 is 26.7 Å². The third-order valence-corrected chi connectivity index (χ3v) is 7.70. The van der Waals surface area contributed by atoms with Crippen LogP contribution >= 0.6 is 11.6 Å². The molecule has 204 valence electrons.